The van der Waals surface area contributed by atoms with Crippen molar-refractivity contribution in [2.24, 2.45) is 5.73 Å². The number of fused-ring (bicyclic) bond motifs is 3. The van der Waals surface area contributed by atoms with E-state index in [1.54, 1.807) is 14.2 Å². The third kappa shape index (κ3) is 2.73. The first-order chi connectivity index (χ1) is 14.7. The fraction of sp³-hybridized carbons (Fsp3) is 0.136. The van der Waals surface area contributed by atoms with Gasteiger partial charge in [-0.25, -0.2) is 0 Å². The van der Waals surface area contributed by atoms with Crippen LogP contribution in [-0.2, 0) is 0 Å². The van der Waals surface area contributed by atoms with Crippen molar-refractivity contribution in [1.82, 2.24) is 20.6 Å². The molecule has 0 fully saturated rings. The Balaban J connectivity index is 1.85. The van der Waals surface area contributed by atoms with Crippen LogP contribution in [-0.4, -0.2) is 34.8 Å². The van der Waals surface area contributed by atoms with Crippen LogP contribution in [0.2, 0.25) is 0 Å². The third-order valence-electron chi connectivity index (χ3n) is 5.33. The summed E-state index contributed by atoms with van der Waals surface area (Å²) in [6.07, 6.45) is 0. The molecular weight excluding hydrogens is 382 g/mol. The molecule has 0 bridgehead atoms. The molecular formula is C22H19N5O3. The average molecular weight is 401 g/mol. The molecule has 5 rings (SSSR count). The number of methoxy groups -OCH3 is 2. The minimum Gasteiger partial charge on any atom is -0.497 e. The van der Waals surface area contributed by atoms with Crippen LogP contribution >= 0.6 is 0 Å². The van der Waals surface area contributed by atoms with Crippen LogP contribution in [0.4, 0.5) is 0 Å². The van der Waals surface area contributed by atoms with Crippen molar-refractivity contribution in [3.8, 4) is 17.2 Å². The molecule has 1 atom stereocenters. The molecule has 30 heavy (non-hydrogen) atoms. The Kier molecular flexibility index (Phi) is 4.24. The summed E-state index contributed by atoms with van der Waals surface area (Å²) in [5.74, 6) is 2.29. The van der Waals surface area contributed by atoms with Gasteiger partial charge in [0.1, 0.15) is 17.2 Å². The number of benzene rings is 3. The van der Waals surface area contributed by atoms with E-state index in [1.807, 2.05) is 42.5 Å². The van der Waals surface area contributed by atoms with Crippen LogP contribution in [0.3, 0.4) is 0 Å². The lowest BCUT2D eigenvalue weighted by Gasteiger charge is -2.30. The highest BCUT2D eigenvalue weighted by molar-refractivity contribution is 5.93. The molecule has 0 aliphatic carbocycles. The van der Waals surface area contributed by atoms with Gasteiger partial charge in [-0.1, -0.05) is 36.4 Å². The maximum absolute atomic E-state index is 6.37. The number of rotatable bonds is 4. The number of nitrogens with one attached hydrogen (secondary N) is 1. The maximum atomic E-state index is 6.37. The monoisotopic (exact) mass is 401 g/mol. The summed E-state index contributed by atoms with van der Waals surface area (Å²) in [7, 11) is 3.25. The summed E-state index contributed by atoms with van der Waals surface area (Å²) in [5, 5.41) is 16.7. The summed E-state index contributed by atoms with van der Waals surface area (Å²) < 4.78 is 17.1. The van der Waals surface area contributed by atoms with Crippen molar-refractivity contribution < 1.29 is 14.2 Å². The van der Waals surface area contributed by atoms with Crippen molar-refractivity contribution in [1.29, 1.82) is 0 Å². The van der Waals surface area contributed by atoms with E-state index in [4.69, 9.17) is 19.9 Å². The van der Waals surface area contributed by atoms with Crippen LogP contribution in [0.1, 0.15) is 22.9 Å². The fourth-order valence-electron chi connectivity index (χ4n) is 4.01. The highest BCUT2D eigenvalue weighted by Crippen LogP contribution is 2.50. The SMILES string of the molecule is COc1ccc(C2C(c3nn[nH]n3)=C(N)Oc3ccc4ccccc4c32)c(OC)c1. The highest BCUT2D eigenvalue weighted by Gasteiger charge is 2.36. The first-order valence-electron chi connectivity index (χ1n) is 9.36. The van der Waals surface area contributed by atoms with Crippen molar-refractivity contribution in [2.45, 2.75) is 5.92 Å². The van der Waals surface area contributed by atoms with Gasteiger partial charge >= 0.3 is 0 Å². The first kappa shape index (κ1) is 18.0. The summed E-state index contributed by atoms with van der Waals surface area (Å²) in [4.78, 5) is 0. The van der Waals surface area contributed by atoms with Crippen LogP contribution in [0.25, 0.3) is 16.3 Å². The average Bonchev–Trinajstić information content (AvgIpc) is 3.32. The van der Waals surface area contributed by atoms with E-state index in [2.05, 4.69) is 32.8 Å². The van der Waals surface area contributed by atoms with Crippen molar-refractivity contribution in [3.63, 3.8) is 0 Å². The number of hydrogen-bond acceptors (Lipinski definition) is 7. The molecule has 2 heterocycles. The minimum absolute atomic E-state index is 0.224. The smallest absolute Gasteiger partial charge is 0.206 e. The van der Waals surface area contributed by atoms with Crippen LogP contribution in [0.15, 0.2) is 60.5 Å². The number of ether oxygens (including phenoxy) is 3. The Hall–Kier alpha value is -4.07. The maximum Gasteiger partial charge on any atom is 0.206 e. The van der Waals surface area contributed by atoms with Gasteiger partial charge in [0.2, 0.25) is 5.82 Å². The number of H-pyrrole nitrogens is 1. The zero-order valence-corrected chi connectivity index (χ0v) is 16.4. The van der Waals surface area contributed by atoms with Gasteiger partial charge in [0, 0.05) is 17.2 Å². The van der Waals surface area contributed by atoms with E-state index >= 15 is 0 Å². The predicted molar refractivity (Wildman–Crippen MR) is 111 cm³/mol. The van der Waals surface area contributed by atoms with E-state index in [0.29, 0.717) is 28.6 Å². The second kappa shape index (κ2) is 7.07. The number of hydrogen-bond donors (Lipinski definition) is 2. The van der Waals surface area contributed by atoms with Gasteiger partial charge in [0.05, 0.1) is 25.7 Å². The van der Waals surface area contributed by atoms with E-state index in [-0.39, 0.29) is 11.8 Å². The van der Waals surface area contributed by atoms with Gasteiger partial charge in [-0.15, -0.1) is 10.2 Å². The molecule has 0 radical (unpaired) electrons. The Morgan fingerprint density at radius 3 is 2.67 bits per heavy atom. The van der Waals surface area contributed by atoms with Gasteiger partial charge in [0.15, 0.2) is 5.88 Å². The second-order valence-electron chi connectivity index (χ2n) is 6.85. The molecule has 3 N–H and O–H groups in total. The molecule has 3 aromatic carbocycles. The third-order valence-corrected chi connectivity index (χ3v) is 5.33. The van der Waals surface area contributed by atoms with Crippen molar-refractivity contribution in [3.05, 3.63) is 77.4 Å². The Morgan fingerprint density at radius 1 is 1.03 bits per heavy atom. The Labute approximate surface area is 172 Å². The molecule has 0 saturated carbocycles. The summed E-state index contributed by atoms with van der Waals surface area (Å²) >= 11 is 0. The Bertz CT molecular complexity index is 1270. The normalized spacial score (nSPS) is 15.6. The molecule has 4 aromatic rings. The molecule has 0 saturated heterocycles. The van der Waals surface area contributed by atoms with E-state index in [0.717, 1.165) is 21.9 Å². The first-order valence-corrected chi connectivity index (χ1v) is 9.36. The number of aromatic nitrogens is 4. The lowest BCUT2D eigenvalue weighted by molar-refractivity contribution is 0.387. The molecule has 8 heteroatoms. The molecule has 0 amide bonds. The van der Waals surface area contributed by atoms with Gasteiger partial charge in [-0.3, -0.25) is 0 Å². The zero-order chi connectivity index (χ0) is 20.7. The predicted octanol–water partition coefficient (Wildman–Crippen LogP) is 3.22. The summed E-state index contributed by atoms with van der Waals surface area (Å²) in [5.41, 5.74) is 8.85. The topological polar surface area (TPSA) is 108 Å². The van der Waals surface area contributed by atoms with Crippen molar-refractivity contribution in [2.75, 3.05) is 14.2 Å². The lowest BCUT2D eigenvalue weighted by Crippen LogP contribution is -2.22. The zero-order valence-electron chi connectivity index (χ0n) is 16.4. The van der Waals surface area contributed by atoms with E-state index < -0.39 is 0 Å². The van der Waals surface area contributed by atoms with Crippen molar-refractivity contribution >= 4 is 16.3 Å². The number of nitrogens with zero attached hydrogens (tertiary/aromatic N) is 3. The van der Waals surface area contributed by atoms with Crippen LogP contribution in [0.5, 0.6) is 17.2 Å². The number of allylic oxidation sites excluding steroid dienone is 1. The number of tetrazole rings is 1. The molecule has 150 valence electrons. The molecule has 1 aliphatic rings. The van der Waals surface area contributed by atoms with Crippen LogP contribution in [0, 0.1) is 0 Å². The second-order valence-corrected chi connectivity index (χ2v) is 6.85. The quantitative estimate of drug-likeness (QED) is 0.540. The molecule has 0 spiro atoms. The standard InChI is InChI=1S/C22H19N5O3/c1-28-13-8-9-15(17(11-13)29-2)19-18-14-6-4-3-5-12(14)7-10-16(18)30-21(23)20(19)22-24-26-27-25-22/h3-11,19H,23H2,1-2H3,(H,24,25,26,27). The van der Waals surface area contributed by atoms with Crippen LogP contribution < -0.4 is 19.9 Å². The molecule has 8 nitrogen and oxygen atoms in total. The summed E-state index contributed by atoms with van der Waals surface area (Å²) in [6.45, 7) is 0. The fourth-order valence-corrected chi connectivity index (χ4v) is 4.01. The summed E-state index contributed by atoms with van der Waals surface area (Å²) in [6, 6.07) is 17.8. The highest BCUT2D eigenvalue weighted by atomic mass is 16.5. The van der Waals surface area contributed by atoms with Gasteiger partial charge < -0.3 is 19.9 Å². The minimum atomic E-state index is -0.335. The van der Waals surface area contributed by atoms with Gasteiger partial charge in [-0.2, -0.15) is 5.21 Å². The van der Waals surface area contributed by atoms with E-state index in [1.165, 1.54) is 0 Å². The largest absolute Gasteiger partial charge is 0.497 e. The van der Waals surface area contributed by atoms with E-state index in [9.17, 15) is 0 Å². The Morgan fingerprint density at radius 2 is 1.90 bits per heavy atom. The van der Waals surface area contributed by atoms with Gasteiger partial charge in [0.25, 0.3) is 0 Å². The molecule has 1 aliphatic heterocycles. The molecule has 1 unspecified atom stereocenters. The number of aromatic amines is 1. The number of nitrogens with two attached hydrogens (primary N) is 1. The lowest BCUT2D eigenvalue weighted by atomic mass is 9.80. The molecule has 1 aromatic heterocycles. The van der Waals surface area contributed by atoms with Gasteiger partial charge in [-0.05, 0) is 28.1 Å².